The molecule has 1 N–H and O–H groups in total. The molecule has 0 spiro atoms. The summed E-state index contributed by atoms with van der Waals surface area (Å²) in [5, 5.41) is 13.6. The monoisotopic (exact) mass is 308 g/mol. The lowest BCUT2D eigenvalue weighted by molar-refractivity contribution is -0.207. The fraction of sp³-hybridized carbons (Fsp3) is 0.500. The Morgan fingerprint density at radius 2 is 2.15 bits per heavy atom. The normalized spacial score (nSPS) is 13.9. The van der Waals surface area contributed by atoms with Crippen molar-refractivity contribution in [1.29, 1.82) is 0 Å². The second-order valence-corrected chi connectivity index (χ2v) is 4.89. The number of aliphatic hydroxyl groups excluding tert-OH is 1. The van der Waals surface area contributed by atoms with Gasteiger partial charge in [0.2, 0.25) is 0 Å². The van der Waals surface area contributed by atoms with E-state index < -0.39 is 24.4 Å². The number of alkyl halides is 3. The smallest absolute Gasteiger partial charge is 0.382 e. The summed E-state index contributed by atoms with van der Waals surface area (Å²) in [7, 11) is 1.59. The van der Waals surface area contributed by atoms with Crippen molar-refractivity contribution in [3.05, 3.63) is 16.7 Å². The molecule has 0 aromatic carbocycles. The van der Waals surface area contributed by atoms with Gasteiger partial charge in [0.25, 0.3) is 5.56 Å². The van der Waals surface area contributed by atoms with E-state index in [4.69, 9.17) is 5.11 Å². The highest BCUT2D eigenvalue weighted by Gasteiger charge is 2.38. The summed E-state index contributed by atoms with van der Waals surface area (Å²) >= 11 is 1.20. The third-order valence-corrected chi connectivity index (χ3v) is 3.39. The average molecular weight is 308 g/mol. The van der Waals surface area contributed by atoms with Crippen LogP contribution in [0.4, 0.5) is 13.2 Å². The molecule has 110 valence electrons. The zero-order valence-electron chi connectivity index (χ0n) is 10.5. The number of hydrogen-bond donors (Lipinski definition) is 1. The quantitative estimate of drug-likeness (QED) is 0.848. The lowest BCUT2D eigenvalue weighted by Crippen LogP contribution is -2.36. The Kier molecular flexibility index (Phi) is 3.78. The van der Waals surface area contributed by atoms with Crippen LogP contribution >= 0.6 is 11.8 Å². The first-order valence-electron chi connectivity index (χ1n) is 5.46. The lowest BCUT2D eigenvalue weighted by atomic mass is 10.3. The molecule has 0 unspecified atom stereocenters. The van der Waals surface area contributed by atoms with Crippen molar-refractivity contribution in [3.8, 4) is 0 Å². The zero-order chi connectivity index (χ0) is 15.1. The van der Waals surface area contributed by atoms with E-state index in [1.54, 1.807) is 13.3 Å². The van der Waals surface area contributed by atoms with Crippen LogP contribution in [0.1, 0.15) is 0 Å². The molecule has 2 heterocycles. The van der Waals surface area contributed by atoms with Crippen molar-refractivity contribution < 1.29 is 18.3 Å². The van der Waals surface area contributed by atoms with E-state index in [2.05, 4.69) is 10.1 Å². The number of thioether (sulfide) groups is 1. The second kappa shape index (κ2) is 5.09. The summed E-state index contributed by atoms with van der Waals surface area (Å²) < 4.78 is 39.1. The molecule has 0 aliphatic rings. The Bertz CT molecular complexity index is 694. The molecule has 0 fully saturated rings. The molecular weight excluding hydrogens is 297 g/mol. The topological polar surface area (TPSA) is 72.9 Å². The predicted octanol–water partition coefficient (Wildman–Crippen LogP) is 0.775. The number of aliphatic hydroxyl groups is 1. The van der Waals surface area contributed by atoms with Crippen molar-refractivity contribution in [2.24, 2.45) is 7.05 Å². The molecule has 2 aromatic rings. The molecule has 0 bridgehead atoms. The van der Waals surface area contributed by atoms with Gasteiger partial charge < -0.3 is 5.11 Å². The van der Waals surface area contributed by atoms with Crippen LogP contribution in [0.3, 0.4) is 0 Å². The van der Waals surface area contributed by atoms with E-state index in [1.807, 2.05) is 0 Å². The standard InChI is InChI=1S/C10H11F3N4O2S/c1-16-7-6(8(15-16)20-2)9(19)17(4-14-7)3-5(18)10(11,12)13/h4-5,18H,3H2,1-2H3/t5-/m0/s1. The molecule has 0 aliphatic heterocycles. The van der Waals surface area contributed by atoms with E-state index in [-0.39, 0.29) is 11.0 Å². The van der Waals surface area contributed by atoms with Crippen LogP contribution < -0.4 is 5.56 Å². The Morgan fingerprint density at radius 3 is 2.70 bits per heavy atom. The number of halogens is 3. The van der Waals surface area contributed by atoms with Gasteiger partial charge in [-0.25, -0.2) is 9.67 Å². The van der Waals surface area contributed by atoms with E-state index >= 15 is 0 Å². The fourth-order valence-electron chi connectivity index (χ4n) is 1.71. The third kappa shape index (κ3) is 2.52. The molecule has 0 radical (unpaired) electrons. The Balaban J connectivity index is 2.52. The van der Waals surface area contributed by atoms with Crippen LogP contribution in [-0.2, 0) is 13.6 Å². The van der Waals surface area contributed by atoms with Gasteiger partial charge in [0, 0.05) is 7.05 Å². The summed E-state index contributed by atoms with van der Waals surface area (Å²) in [5.41, 5.74) is -0.368. The summed E-state index contributed by atoms with van der Waals surface area (Å²) in [6, 6.07) is 0. The van der Waals surface area contributed by atoms with Gasteiger partial charge in [0.15, 0.2) is 11.8 Å². The number of aromatic nitrogens is 4. The van der Waals surface area contributed by atoms with Gasteiger partial charge in [-0.2, -0.15) is 18.3 Å². The lowest BCUT2D eigenvalue weighted by Gasteiger charge is -2.15. The highest BCUT2D eigenvalue weighted by molar-refractivity contribution is 7.98. The Morgan fingerprint density at radius 1 is 1.50 bits per heavy atom. The number of rotatable bonds is 3. The van der Waals surface area contributed by atoms with Gasteiger partial charge in [-0.1, -0.05) is 0 Å². The Labute approximate surface area is 115 Å². The maximum atomic E-state index is 12.3. The zero-order valence-corrected chi connectivity index (χ0v) is 11.4. The second-order valence-electron chi connectivity index (χ2n) is 4.09. The fourth-order valence-corrected chi connectivity index (χ4v) is 2.30. The number of hydrogen-bond acceptors (Lipinski definition) is 5. The molecule has 0 saturated heterocycles. The van der Waals surface area contributed by atoms with Gasteiger partial charge in [-0.15, -0.1) is 11.8 Å². The molecule has 1 atom stereocenters. The highest BCUT2D eigenvalue weighted by Crippen LogP contribution is 2.22. The molecule has 6 nitrogen and oxygen atoms in total. The van der Waals surface area contributed by atoms with Crippen LogP contribution in [0.25, 0.3) is 11.0 Å². The summed E-state index contributed by atoms with van der Waals surface area (Å²) in [6.45, 7) is -0.895. The van der Waals surface area contributed by atoms with Crippen molar-refractivity contribution in [2.75, 3.05) is 6.26 Å². The number of aryl methyl sites for hydroxylation is 1. The predicted molar refractivity (Wildman–Crippen MR) is 66.6 cm³/mol. The van der Waals surface area contributed by atoms with Crippen molar-refractivity contribution in [2.45, 2.75) is 23.9 Å². The van der Waals surface area contributed by atoms with Crippen LogP contribution in [0.5, 0.6) is 0 Å². The van der Waals surface area contributed by atoms with E-state index in [1.165, 1.54) is 16.4 Å². The highest BCUT2D eigenvalue weighted by atomic mass is 32.2. The number of nitrogens with zero attached hydrogens (tertiary/aromatic N) is 4. The molecular formula is C10H11F3N4O2S. The molecule has 0 saturated carbocycles. The van der Waals surface area contributed by atoms with Crippen LogP contribution in [0.2, 0.25) is 0 Å². The van der Waals surface area contributed by atoms with Crippen molar-refractivity contribution >= 4 is 22.8 Å². The first-order chi connectivity index (χ1) is 9.25. The van der Waals surface area contributed by atoms with Gasteiger partial charge in [-0.3, -0.25) is 9.36 Å². The molecule has 2 aromatic heterocycles. The maximum absolute atomic E-state index is 12.3. The average Bonchev–Trinajstić information content (AvgIpc) is 2.69. The van der Waals surface area contributed by atoms with E-state index in [0.29, 0.717) is 5.03 Å². The minimum Gasteiger partial charge on any atom is -0.382 e. The summed E-state index contributed by atoms with van der Waals surface area (Å²) in [4.78, 5) is 16.1. The van der Waals surface area contributed by atoms with E-state index in [9.17, 15) is 18.0 Å². The van der Waals surface area contributed by atoms with Gasteiger partial charge in [0.05, 0.1) is 6.54 Å². The Hall–Kier alpha value is -1.55. The summed E-state index contributed by atoms with van der Waals surface area (Å²) in [6.07, 6.45) is -4.73. The summed E-state index contributed by atoms with van der Waals surface area (Å²) in [5.74, 6) is 0. The SMILES string of the molecule is CSc1nn(C)c2ncn(C[C@H](O)C(F)(F)F)c(=O)c12. The van der Waals surface area contributed by atoms with Crippen molar-refractivity contribution in [1.82, 2.24) is 19.3 Å². The van der Waals surface area contributed by atoms with Gasteiger partial charge in [0.1, 0.15) is 16.7 Å². The molecule has 0 amide bonds. The van der Waals surface area contributed by atoms with Crippen LogP contribution in [0, 0.1) is 0 Å². The largest absolute Gasteiger partial charge is 0.416 e. The first-order valence-corrected chi connectivity index (χ1v) is 6.69. The molecule has 10 heteroatoms. The molecule has 2 rings (SSSR count). The maximum Gasteiger partial charge on any atom is 0.416 e. The third-order valence-electron chi connectivity index (χ3n) is 2.72. The van der Waals surface area contributed by atoms with Crippen LogP contribution in [-0.4, -0.2) is 43.0 Å². The number of fused-ring (bicyclic) bond motifs is 1. The molecule has 20 heavy (non-hydrogen) atoms. The molecule has 0 aliphatic carbocycles. The van der Waals surface area contributed by atoms with Gasteiger partial charge >= 0.3 is 6.18 Å². The minimum absolute atomic E-state index is 0.150. The van der Waals surface area contributed by atoms with E-state index in [0.717, 1.165) is 10.9 Å². The van der Waals surface area contributed by atoms with Crippen LogP contribution in [0.15, 0.2) is 16.1 Å². The minimum atomic E-state index is -4.79. The van der Waals surface area contributed by atoms with Gasteiger partial charge in [-0.05, 0) is 6.26 Å². The van der Waals surface area contributed by atoms with Crippen molar-refractivity contribution in [3.63, 3.8) is 0 Å². The first kappa shape index (κ1) is 14.9.